The molecule has 2 aromatic carbocycles. The van der Waals surface area contributed by atoms with E-state index in [4.69, 9.17) is 9.47 Å². The lowest BCUT2D eigenvalue weighted by molar-refractivity contribution is 0.394. The molecule has 0 radical (unpaired) electrons. The van der Waals surface area contributed by atoms with Gasteiger partial charge in [-0.15, -0.1) is 0 Å². The fraction of sp³-hybridized carbons (Fsp3) is 0.409. The Morgan fingerprint density at radius 3 is 2.45 bits per heavy atom. The van der Waals surface area contributed by atoms with Crippen molar-refractivity contribution >= 4 is 11.6 Å². The van der Waals surface area contributed by atoms with Crippen molar-refractivity contribution in [1.82, 2.24) is 10.6 Å². The SMILES string of the molecule is CN=C(NCCc1ccc(F)cc1)NC1CCN(c2cc(OC)cc(OC)c2)C1. The number of hydrogen-bond donors (Lipinski definition) is 2. The molecule has 1 fully saturated rings. The highest BCUT2D eigenvalue weighted by molar-refractivity contribution is 5.80. The molecule has 156 valence electrons. The summed E-state index contributed by atoms with van der Waals surface area (Å²) in [4.78, 5) is 6.64. The summed E-state index contributed by atoms with van der Waals surface area (Å²) in [6.45, 7) is 2.55. The molecule has 0 aliphatic carbocycles. The Bertz CT molecular complexity index is 804. The quantitative estimate of drug-likeness (QED) is 0.553. The first kappa shape index (κ1) is 20.8. The maximum atomic E-state index is 13.0. The lowest BCUT2D eigenvalue weighted by Gasteiger charge is -2.21. The van der Waals surface area contributed by atoms with Crippen LogP contribution in [0.15, 0.2) is 47.5 Å². The van der Waals surface area contributed by atoms with Crippen molar-refractivity contribution in [3.8, 4) is 11.5 Å². The molecule has 0 spiro atoms. The number of anilines is 1. The molecule has 1 saturated heterocycles. The van der Waals surface area contributed by atoms with Crippen molar-refractivity contribution in [3.05, 3.63) is 53.8 Å². The predicted octanol–water partition coefficient (Wildman–Crippen LogP) is 2.83. The van der Waals surface area contributed by atoms with Crippen molar-refractivity contribution in [2.24, 2.45) is 4.99 Å². The second-order valence-corrected chi connectivity index (χ2v) is 7.02. The van der Waals surface area contributed by atoms with Crippen LogP contribution in [0.4, 0.5) is 10.1 Å². The number of methoxy groups -OCH3 is 2. The van der Waals surface area contributed by atoms with Crippen LogP contribution in [0.2, 0.25) is 0 Å². The van der Waals surface area contributed by atoms with E-state index in [2.05, 4.69) is 20.5 Å². The van der Waals surface area contributed by atoms with E-state index in [1.807, 2.05) is 30.3 Å². The summed E-state index contributed by atoms with van der Waals surface area (Å²) >= 11 is 0. The summed E-state index contributed by atoms with van der Waals surface area (Å²) in [7, 11) is 5.09. The zero-order valence-corrected chi connectivity index (χ0v) is 17.2. The summed E-state index contributed by atoms with van der Waals surface area (Å²) in [5.41, 5.74) is 2.18. The number of ether oxygens (including phenoxy) is 2. The maximum Gasteiger partial charge on any atom is 0.191 e. The average Bonchev–Trinajstić information content (AvgIpc) is 3.22. The van der Waals surface area contributed by atoms with Crippen LogP contribution in [0.5, 0.6) is 11.5 Å². The third-order valence-corrected chi connectivity index (χ3v) is 5.07. The Labute approximate surface area is 171 Å². The third kappa shape index (κ3) is 5.76. The van der Waals surface area contributed by atoms with Crippen molar-refractivity contribution in [3.63, 3.8) is 0 Å². The number of rotatable bonds is 7. The maximum absolute atomic E-state index is 13.0. The molecule has 0 aromatic heterocycles. The Morgan fingerprint density at radius 1 is 1.14 bits per heavy atom. The highest BCUT2D eigenvalue weighted by Crippen LogP contribution is 2.30. The second kappa shape index (κ2) is 10.0. The van der Waals surface area contributed by atoms with E-state index >= 15 is 0 Å². The minimum absolute atomic E-state index is 0.210. The van der Waals surface area contributed by atoms with E-state index in [1.54, 1.807) is 21.3 Å². The Hall–Kier alpha value is -2.96. The van der Waals surface area contributed by atoms with Crippen LogP contribution in [-0.2, 0) is 6.42 Å². The van der Waals surface area contributed by atoms with Crippen LogP contribution in [0, 0.1) is 5.82 Å². The second-order valence-electron chi connectivity index (χ2n) is 7.02. The van der Waals surface area contributed by atoms with Gasteiger partial charge in [0.05, 0.1) is 14.2 Å². The highest BCUT2D eigenvalue weighted by Gasteiger charge is 2.24. The average molecular weight is 400 g/mol. The molecule has 1 unspecified atom stereocenters. The number of aliphatic imine (C=N–C) groups is 1. The summed E-state index contributed by atoms with van der Waals surface area (Å²) in [6.07, 6.45) is 1.82. The largest absolute Gasteiger partial charge is 0.497 e. The van der Waals surface area contributed by atoms with Crippen molar-refractivity contribution < 1.29 is 13.9 Å². The molecular weight excluding hydrogens is 371 g/mol. The van der Waals surface area contributed by atoms with Gasteiger partial charge < -0.3 is 25.0 Å². The van der Waals surface area contributed by atoms with Gasteiger partial charge in [-0.1, -0.05) is 12.1 Å². The molecule has 0 bridgehead atoms. The van der Waals surface area contributed by atoms with Gasteiger partial charge in [0.2, 0.25) is 0 Å². The van der Waals surface area contributed by atoms with Crippen molar-refractivity contribution in [1.29, 1.82) is 0 Å². The Morgan fingerprint density at radius 2 is 1.83 bits per heavy atom. The summed E-state index contributed by atoms with van der Waals surface area (Å²) < 4.78 is 23.8. The van der Waals surface area contributed by atoms with Gasteiger partial charge >= 0.3 is 0 Å². The normalized spacial score (nSPS) is 16.6. The first-order valence-electron chi connectivity index (χ1n) is 9.81. The standard InChI is InChI=1S/C22H29FN4O2/c1-24-22(25-10-8-16-4-6-17(23)7-5-16)26-18-9-11-27(15-18)19-12-20(28-2)14-21(13-19)29-3/h4-7,12-14,18H,8-11,15H2,1-3H3,(H2,24,25,26). The van der Waals surface area contributed by atoms with E-state index in [0.717, 1.165) is 61.2 Å². The van der Waals surface area contributed by atoms with Crippen molar-refractivity contribution in [2.45, 2.75) is 18.9 Å². The van der Waals surface area contributed by atoms with E-state index in [1.165, 1.54) is 12.1 Å². The molecule has 7 heteroatoms. The smallest absolute Gasteiger partial charge is 0.191 e. The van der Waals surface area contributed by atoms with Crippen LogP contribution in [0.1, 0.15) is 12.0 Å². The number of guanidine groups is 1. The Kier molecular flexibility index (Phi) is 7.16. The first-order chi connectivity index (χ1) is 14.1. The number of benzene rings is 2. The zero-order chi connectivity index (χ0) is 20.6. The molecule has 0 amide bonds. The minimum Gasteiger partial charge on any atom is -0.497 e. The molecule has 29 heavy (non-hydrogen) atoms. The predicted molar refractivity (Wildman–Crippen MR) is 115 cm³/mol. The van der Waals surface area contributed by atoms with Gasteiger partial charge in [0, 0.05) is 56.6 Å². The monoisotopic (exact) mass is 400 g/mol. The number of hydrogen-bond acceptors (Lipinski definition) is 4. The number of halogens is 1. The van der Waals surface area contributed by atoms with E-state index in [-0.39, 0.29) is 5.82 Å². The topological polar surface area (TPSA) is 58.1 Å². The van der Waals surface area contributed by atoms with Crippen molar-refractivity contribution in [2.75, 3.05) is 45.8 Å². The molecule has 6 nitrogen and oxygen atoms in total. The zero-order valence-electron chi connectivity index (χ0n) is 17.2. The van der Waals surface area contributed by atoms with Gasteiger partial charge in [0.1, 0.15) is 17.3 Å². The fourth-order valence-corrected chi connectivity index (χ4v) is 3.45. The van der Waals surface area contributed by atoms with Gasteiger partial charge in [-0.3, -0.25) is 4.99 Å². The molecule has 0 saturated carbocycles. The van der Waals surface area contributed by atoms with E-state index in [9.17, 15) is 4.39 Å². The number of nitrogens with one attached hydrogen (secondary N) is 2. The molecule has 3 rings (SSSR count). The van der Waals surface area contributed by atoms with Crippen LogP contribution in [0.3, 0.4) is 0 Å². The minimum atomic E-state index is -0.210. The van der Waals surface area contributed by atoms with Gasteiger partial charge in [-0.2, -0.15) is 0 Å². The summed E-state index contributed by atoms with van der Waals surface area (Å²) in [6, 6.07) is 12.8. The lowest BCUT2D eigenvalue weighted by atomic mass is 10.1. The fourth-order valence-electron chi connectivity index (χ4n) is 3.45. The number of nitrogens with zero attached hydrogens (tertiary/aromatic N) is 2. The highest BCUT2D eigenvalue weighted by atomic mass is 19.1. The van der Waals surface area contributed by atoms with Crippen LogP contribution in [-0.4, -0.2) is 52.9 Å². The molecule has 1 aliphatic rings. The molecule has 1 aliphatic heterocycles. The van der Waals surface area contributed by atoms with Gasteiger partial charge in [-0.25, -0.2) is 4.39 Å². The third-order valence-electron chi connectivity index (χ3n) is 5.07. The first-order valence-corrected chi connectivity index (χ1v) is 9.81. The van der Waals surface area contributed by atoms with Gasteiger partial charge in [0.25, 0.3) is 0 Å². The van der Waals surface area contributed by atoms with Crippen LogP contribution in [0.25, 0.3) is 0 Å². The van der Waals surface area contributed by atoms with Crippen LogP contribution >= 0.6 is 0 Å². The Balaban J connectivity index is 1.51. The molecule has 1 heterocycles. The van der Waals surface area contributed by atoms with Gasteiger partial charge in [0.15, 0.2) is 5.96 Å². The van der Waals surface area contributed by atoms with E-state index < -0.39 is 0 Å². The summed E-state index contributed by atoms with van der Waals surface area (Å²) in [5, 5.41) is 6.83. The van der Waals surface area contributed by atoms with Gasteiger partial charge in [-0.05, 0) is 30.5 Å². The summed E-state index contributed by atoms with van der Waals surface area (Å²) in [5.74, 6) is 2.14. The lowest BCUT2D eigenvalue weighted by Crippen LogP contribution is -2.45. The molecular formula is C22H29FN4O2. The molecule has 1 atom stereocenters. The molecule has 2 aromatic rings. The van der Waals surface area contributed by atoms with Crippen LogP contribution < -0.4 is 25.0 Å². The van der Waals surface area contributed by atoms with E-state index in [0.29, 0.717) is 6.04 Å². The molecule has 2 N–H and O–H groups in total.